The summed E-state index contributed by atoms with van der Waals surface area (Å²) in [6, 6.07) is 8.99. The number of nitrogens with one attached hydrogen (secondary N) is 1. The predicted octanol–water partition coefficient (Wildman–Crippen LogP) is 2.65. The second-order valence-corrected chi connectivity index (χ2v) is 4.83. The predicted molar refractivity (Wildman–Crippen MR) is 67.0 cm³/mol. The molecular weight excluding hydrogens is 222 g/mol. The van der Waals surface area contributed by atoms with Gasteiger partial charge in [-0.15, -0.1) is 0 Å². The summed E-state index contributed by atoms with van der Waals surface area (Å²) >= 11 is 6.13. The Labute approximate surface area is 102 Å². The van der Waals surface area contributed by atoms with Crippen LogP contribution in [0.15, 0.2) is 24.3 Å². The fraction of sp³-hybridized carbons (Fsp3) is 0.538. The molecule has 3 heteroatoms. The highest BCUT2D eigenvalue weighted by Crippen LogP contribution is 2.17. The van der Waals surface area contributed by atoms with Gasteiger partial charge < -0.3 is 10.1 Å². The number of rotatable bonds is 4. The molecule has 16 heavy (non-hydrogen) atoms. The lowest BCUT2D eigenvalue weighted by atomic mass is 10.1. The van der Waals surface area contributed by atoms with Crippen LogP contribution in [0.5, 0.6) is 0 Å². The van der Waals surface area contributed by atoms with Crippen molar-refractivity contribution in [3.05, 3.63) is 34.9 Å². The molecule has 88 valence electrons. The standard InChI is InChI=1S/C13H18ClNO/c1-10(15-12-6-7-16-9-12)8-11-4-2-3-5-13(11)14/h2-5,10,12,15H,6-9H2,1H3. The lowest BCUT2D eigenvalue weighted by Crippen LogP contribution is -2.38. The van der Waals surface area contributed by atoms with Crippen LogP contribution >= 0.6 is 11.6 Å². The molecule has 1 heterocycles. The maximum atomic E-state index is 6.13. The number of benzene rings is 1. The number of hydrogen-bond acceptors (Lipinski definition) is 2. The molecule has 1 aromatic carbocycles. The number of ether oxygens (including phenoxy) is 1. The Kier molecular flexibility index (Phi) is 4.22. The van der Waals surface area contributed by atoms with E-state index in [1.807, 2.05) is 18.2 Å². The zero-order valence-corrected chi connectivity index (χ0v) is 10.3. The first-order chi connectivity index (χ1) is 7.75. The number of halogens is 1. The van der Waals surface area contributed by atoms with Crippen molar-refractivity contribution in [1.82, 2.24) is 5.32 Å². The maximum absolute atomic E-state index is 6.13. The summed E-state index contributed by atoms with van der Waals surface area (Å²) in [5.74, 6) is 0. The molecule has 1 aliphatic rings. The summed E-state index contributed by atoms with van der Waals surface area (Å²) in [4.78, 5) is 0. The lowest BCUT2D eigenvalue weighted by molar-refractivity contribution is 0.188. The highest BCUT2D eigenvalue weighted by molar-refractivity contribution is 6.31. The molecule has 2 atom stereocenters. The van der Waals surface area contributed by atoms with Gasteiger partial charge in [0.05, 0.1) is 6.61 Å². The van der Waals surface area contributed by atoms with E-state index in [0.29, 0.717) is 12.1 Å². The molecule has 2 nitrogen and oxygen atoms in total. The fourth-order valence-electron chi connectivity index (χ4n) is 2.12. The first-order valence-corrected chi connectivity index (χ1v) is 6.20. The molecule has 2 unspecified atom stereocenters. The quantitative estimate of drug-likeness (QED) is 0.872. The van der Waals surface area contributed by atoms with Crippen molar-refractivity contribution in [1.29, 1.82) is 0 Å². The first-order valence-electron chi connectivity index (χ1n) is 5.83. The normalized spacial score (nSPS) is 22.2. The molecule has 2 rings (SSSR count). The average molecular weight is 240 g/mol. The molecule has 0 aliphatic carbocycles. The Morgan fingerprint density at radius 1 is 1.50 bits per heavy atom. The van der Waals surface area contributed by atoms with Gasteiger partial charge in [-0.05, 0) is 31.4 Å². The van der Waals surface area contributed by atoms with Gasteiger partial charge >= 0.3 is 0 Å². The van der Waals surface area contributed by atoms with Crippen LogP contribution in [0.3, 0.4) is 0 Å². The lowest BCUT2D eigenvalue weighted by Gasteiger charge is -2.18. The molecule has 0 amide bonds. The van der Waals surface area contributed by atoms with Crippen LogP contribution in [0.2, 0.25) is 5.02 Å². The van der Waals surface area contributed by atoms with Gasteiger partial charge in [-0.2, -0.15) is 0 Å². The largest absolute Gasteiger partial charge is 0.380 e. The SMILES string of the molecule is CC(Cc1ccccc1Cl)NC1CCOC1. The second-order valence-electron chi connectivity index (χ2n) is 4.42. The van der Waals surface area contributed by atoms with Gasteiger partial charge in [-0.3, -0.25) is 0 Å². The van der Waals surface area contributed by atoms with E-state index in [0.717, 1.165) is 31.1 Å². The highest BCUT2D eigenvalue weighted by atomic mass is 35.5. The third kappa shape index (κ3) is 3.21. The van der Waals surface area contributed by atoms with E-state index in [-0.39, 0.29) is 0 Å². The minimum atomic E-state index is 0.437. The Morgan fingerprint density at radius 3 is 3.00 bits per heavy atom. The van der Waals surface area contributed by atoms with E-state index in [9.17, 15) is 0 Å². The Balaban J connectivity index is 1.86. The Morgan fingerprint density at radius 2 is 2.31 bits per heavy atom. The summed E-state index contributed by atoms with van der Waals surface area (Å²) in [6.45, 7) is 3.92. The van der Waals surface area contributed by atoms with Gasteiger partial charge in [0.15, 0.2) is 0 Å². The van der Waals surface area contributed by atoms with Crippen molar-refractivity contribution in [2.75, 3.05) is 13.2 Å². The minimum Gasteiger partial charge on any atom is -0.380 e. The van der Waals surface area contributed by atoms with Crippen molar-refractivity contribution in [2.24, 2.45) is 0 Å². The summed E-state index contributed by atoms with van der Waals surface area (Å²) in [7, 11) is 0. The zero-order valence-electron chi connectivity index (χ0n) is 9.58. The van der Waals surface area contributed by atoms with Crippen molar-refractivity contribution >= 4 is 11.6 Å². The molecule has 1 N–H and O–H groups in total. The average Bonchev–Trinajstić information content (AvgIpc) is 2.74. The molecule has 0 radical (unpaired) electrons. The molecule has 0 saturated carbocycles. The zero-order chi connectivity index (χ0) is 11.4. The van der Waals surface area contributed by atoms with Crippen LogP contribution < -0.4 is 5.32 Å². The van der Waals surface area contributed by atoms with Crippen LogP contribution in [-0.4, -0.2) is 25.3 Å². The van der Waals surface area contributed by atoms with Crippen molar-refractivity contribution in [3.63, 3.8) is 0 Å². The van der Waals surface area contributed by atoms with Gasteiger partial charge in [-0.1, -0.05) is 29.8 Å². The van der Waals surface area contributed by atoms with Gasteiger partial charge in [0.2, 0.25) is 0 Å². The van der Waals surface area contributed by atoms with Crippen LogP contribution in [0.25, 0.3) is 0 Å². The molecular formula is C13H18ClNO. The smallest absolute Gasteiger partial charge is 0.0620 e. The van der Waals surface area contributed by atoms with Crippen molar-refractivity contribution < 1.29 is 4.74 Å². The summed E-state index contributed by atoms with van der Waals surface area (Å²) in [5.41, 5.74) is 1.21. The Hall–Kier alpha value is -0.570. The van der Waals surface area contributed by atoms with Crippen LogP contribution in [0.4, 0.5) is 0 Å². The van der Waals surface area contributed by atoms with Gasteiger partial charge in [0.1, 0.15) is 0 Å². The van der Waals surface area contributed by atoms with E-state index in [4.69, 9.17) is 16.3 Å². The van der Waals surface area contributed by atoms with Gasteiger partial charge in [-0.25, -0.2) is 0 Å². The molecule has 0 spiro atoms. The van der Waals surface area contributed by atoms with Crippen LogP contribution in [0.1, 0.15) is 18.9 Å². The fourth-order valence-corrected chi connectivity index (χ4v) is 2.33. The number of hydrogen-bond donors (Lipinski definition) is 1. The molecule has 1 fully saturated rings. The molecule has 1 aromatic rings. The molecule has 0 bridgehead atoms. The Bertz CT molecular complexity index is 336. The highest BCUT2D eigenvalue weighted by Gasteiger charge is 2.17. The third-order valence-electron chi connectivity index (χ3n) is 2.93. The third-order valence-corrected chi connectivity index (χ3v) is 3.30. The van der Waals surface area contributed by atoms with E-state index in [1.165, 1.54) is 5.56 Å². The second kappa shape index (κ2) is 5.67. The maximum Gasteiger partial charge on any atom is 0.0620 e. The molecule has 0 aromatic heterocycles. The van der Waals surface area contributed by atoms with E-state index < -0.39 is 0 Å². The summed E-state index contributed by atoms with van der Waals surface area (Å²) < 4.78 is 5.34. The topological polar surface area (TPSA) is 21.3 Å². The van der Waals surface area contributed by atoms with Crippen LogP contribution in [-0.2, 0) is 11.2 Å². The molecule has 1 aliphatic heterocycles. The van der Waals surface area contributed by atoms with E-state index >= 15 is 0 Å². The summed E-state index contributed by atoms with van der Waals surface area (Å²) in [6.07, 6.45) is 2.09. The molecule has 1 saturated heterocycles. The van der Waals surface area contributed by atoms with Crippen LogP contribution in [0, 0.1) is 0 Å². The van der Waals surface area contributed by atoms with E-state index in [2.05, 4.69) is 18.3 Å². The first kappa shape index (κ1) is 11.9. The van der Waals surface area contributed by atoms with Crippen molar-refractivity contribution in [3.8, 4) is 0 Å². The monoisotopic (exact) mass is 239 g/mol. The van der Waals surface area contributed by atoms with Gasteiger partial charge in [0, 0.05) is 23.7 Å². The summed E-state index contributed by atoms with van der Waals surface area (Å²) in [5, 5.41) is 4.43. The van der Waals surface area contributed by atoms with E-state index in [1.54, 1.807) is 0 Å². The van der Waals surface area contributed by atoms with Crippen molar-refractivity contribution in [2.45, 2.75) is 31.8 Å². The minimum absolute atomic E-state index is 0.437. The van der Waals surface area contributed by atoms with Gasteiger partial charge in [0.25, 0.3) is 0 Å².